The van der Waals surface area contributed by atoms with Crippen molar-refractivity contribution in [2.24, 2.45) is 0 Å². The monoisotopic (exact) mass is 315 g/mol. The highest BCUT2D eigenvalue weighted by Gasteiger charge is 2.17. The fourth-order valence-electron chi connectivity index (χ4n) is 2.72. The third-order valence-corrected chi connectivity index (χ3v) is 4.07. The van der Waals surface area contributed by atoms with Crippen molar-refractivity contribution in [2.75, 3.05) is 44.7 Å². The van der Waals surface area contributed by atoms with Crippen molar-refractivity contribution in [3.8, 4) is 0 Å². The van der Waals surface area contributed by atoms with E-state index in [0.717, 1.165) is 39.3 Å². The van der Waals surface area contributed by atoms with E-state index in [0.29, 0.717) is 0 Å². The SMILES string of the molecule is COC(=O)c1cn(CCN2CCN(c3ccccc3)CC2)nn1. The van der Waals surface area contributed by atoms with Gasteiger partial charge in [0.05, 0.1) is 19.9 Å². The predicted octanol–water partition coefficient (Wildman–Crippen LogP) is 0.887. The molecule has 122 valence electrons. The van der Waals surface area contributed by atoms with E-state index in [9.17, 15) is 4.79 Å². The molecule has 1 aromatic heterocycles. The smallest absolute Gasteiger partial charge is 0.360 e. The summed E-state index contributed by atoms with van der Waals surface area (Å²) >= 11 is 0. The maximum atomic E-state index is 11.3. The van der Waals surface area contributed by atoms with Crippen LogP contribution in [0.1, 0.15) is 10.5 Å². The van der Waals surface area contributed by atoms with Gasteiger partial charge in [-0.05, 0) is 12.1 Å². The first kappa shape index (κ1) is 15.5. The summed E-state index contributed by atoms with van der Waals surface area (Å²) in [5.41, 5.74) is 1.53. The molecule has 2 heterocycles. The van der Waals surface area contributed by atoms with Gasteiger partial charge in [0.2, 0.25) is 0 Å². The Kier molecular flexibility index (Phi) is 4.87. The molecule has 0 N–H and O–H groups in total. The van der Waals surface area contributed by atoms with Crippen molar-refractivity contribution in [2.45, 2.75) is 6.54 Å². The molecule has 0 saturated carbocycles. The number of rotatable bonds is 5. The molecule has 1 fully saturated rings. The zero-order valence-electron chi connectivity index (χ0n) is 13.3. The third-order valence-electron chi connectivity index (χ3n) is 4.07. The third kappa shape index (κ3) is 3.87. The van der Waals surface area contributed by atoms with E-state index in [-0.39, 0.29) is 5.69 Å². The van der Waals surface area contributed by atoms with Crippen LogP contribution in [0.2, 0.25) is 0 Å². The molecule has 23 heavy (non-hydrogen) atoms. The summed E-state index contributed by atoms with van der Waals surface area (Å²) in [4.78, 5) is 16.2. The summed E-state index contributed by atoms with van der Waals surface area (Å²) in [5, 5.41) is 7.77. The second-order valence-corrected chi connectivity index (χ2v) is 5.52. The highest BCUT2D eigenvalue weighted by atomic mass is 16.5. The van der Waals surface area contributed by atoms with Crippen LogP contribution in [0.25, 0.3) is 0 Å². The first-order valence-electron chi connectivity index (χ1n) is 7.77. The van der Waals surface area contributed by atoms with Crippen LogP contribution in [0.15, 0.2) is 36.5 Å². The van der Waals surface area contributed by atoms with Crippen molar-refractivity contribution < 1.29 is 9.53 Å². The van der Waals surface area contributed by atoms with Crippen molar-refractivity contribution in [1.29, 1.82) is 0 Å². The first-order chi connectivity index (χ1) is 11.3. The molecule has 0 radical (unpaired) electrons. The fourth-order valence-corrected chi connectivity index (χ4v) is 2.72. The van der Waals surface area contributed by atoms with E-state index in [4.69, 9.17) is 0 Å². The van der Waals surface area contributed by atoms with Gasteiger partial charge in [-0.15, -0.1) is 5.10 Å². The average Bonchev–Trinajstić information content (AvgIpc) is 3.09. The lowest BCUT2D eigenvalue weighted by Crippen LogP contribution is -2.47. The van der Waals surface area contributed by atoms with Crippen molar-refractivity contribution in [3.05, 3.63) is 42.2 Å². The molecule has 1 saturated heterocycles. The number of nitrogens with zero attached hydrogens (tertiary/aromatic N) is 5. The van der Waals surface area contributed by atoms with Gasteiger partial charge < -0.3 is 9.64 Å². The van der Waals surface area contributed by atoms with Crippen LogP contribution in [0.4, 0.5) is 5.69 Å². The van der Waals surface area contributed by atoms with E-state index in [1.165, 1.54) is 12.8 Å². The molecule has 1 aliphatic rings. The van der Waals surface area contributed by atoms with Crippen molar-refractivity contribution in [3.63, 3.8) is 0 Å². The lowest BCUT2D eigenvalue weighted by Gasteiger charge is -2.36. The average molecular weight is 315 g/mol. The maximum absolute atomic E-state index is 11.3. The molecule has 7 heteroatoms. The number of hydrogen-bond acceptors (Lipinski definition) is 6. The second kappa shape index (κ2) is 7.23. The van der Waals surface area contributed by atoms with Gasteiger partial charge in [-0.1, -0.05) is 23.4 Å². The minimum atomic E-state index is -0.451. The Morgan fingerprint density at radius 3 is 2.57 bits per heavy atom. The zero-order valence-corrected chi connectivity index (χ0v) is 13.3. The first-order valence-corrected chi connectivity index (χ1v) is 7.77. The van der Waals surface area contributed by atoms with Gasteiger partial charge in [0.15, 0.2) is 5.69 Å². The standard InChI is InChI=1S/C16H21N5O2/c1-23-16(22)15-13-21(18-17-15)12-9-19-7-10-20(11-8-19)14-5-3-2-4-6-14/h2-6,13H,7-12H2,1H3. The van der Waals surface area contributed by atoms with E-state index in [2.05, 4.69) is 49.1 Å². The Balaban J connectivity index is 1.46. The lowest BCUT2D eigenvalue weighted by molar-refractivity contribution is 0.0594. The summed E-state index contributed by atoms with van der Waals surface area (Å²) in [6.45, 7) is 5.70. The fraction of sp³-hybridized carbons (Fsp3) is 0.438. The topological polar surface area (TPSA) is 63.5 Å². The molecular weight excluding hydrogens is 294 g/mol. The van der Waals surface area contributed by atoms with Crippen LogP contribution < -0.4 is 4.90 Å². The number of anilines is 1. The minimum absolute atomic E-state index is 0.251. The van der Waals surface area contributed by atoms with Gasteiger partial charge >= 0.3 is 5.97 Å². The zero-order chi connectivity index (χ0) is 16.1. The van der Waals surface area contributed by atoms with Crippen LogP contribution in [-0.4, -0.2) is 65.7 Å². The number of carbonyl (C=O) groups excluding carboxylic acids is 1. The number of benzene rings is 1. The van der Waals surface area contributed by atoms with Gasteiger partial charge in [0.1, 0.15) is 0 Å². The molecular formula is C16H21N5O2. The van der Waals surface area contributed by atoms with Gasteiger partial charge in [-0.2, -0.15) is 0 Å². The second-order valence-electron chi connectivity index (χ2n) is 5.52. The van der Waals surface area contributed by atoms with Crippen molar-refractivity contribution >= 4 is 11.7 Å². The summed E-state index contributed by atoms with van der Waals surface area (Å²) in [5.74, 6) is -0.451. The van der Waals surface area contributed by atoms with Gasteiger partial charge in [-0.25, -0.2) is 4.79 Å². The normalized spacial score (nSPS) is 15.6. The highest BCUT2D eigenvalue weighted by Crippen LogP contribution is 2.15. The Labute approximate surface area is 135 Å². The highest BCUT2D eigenvalue weighted by molar-refractivity contribution is 5.86. The summed E-state index contributed by atoms with van der Waals surface area (Å²) in [6.07, 6.45) is 1.63. The number of para-hydroxylation sites is 1. The van der Waals surface area contributed by atoms with Crippen LogP contribution in [0, 0.1) is 0 Å². The van der Waals surface area contributed by atoms with Crippen molar-refractivity contribution in [1.82, 2.24) is 19.9 Å². The van der Waals surface area contributed by atoms with E-state index in [1.807, 2.05) is 6.07 Å². The largest absolute Gasteiger partial charge is 0.464 e. The number of piperazine rings is 1. The molecule has 2 aromatic rings. The minimum Gasteiger partial charge on any atom is -0.464 e. The summed E-state index contributed by atoms with van der Waals surface area (Å²) in [6, 6.07) is 10.5. The molecule has 0 aliphatic carbocycles. The van der Waals surface area contributed by atoms with Crippen LogP contribution in [0.3, 0.4) is 0 Å². The van der Waals surface area contributed by atoms with Gasteiger partial charge in [0, 0.05) is 38.4 Å². The van der Waals surface area contributed by atoms with Crippen LogP contribution in [0.5, 0.6) is 0 Å². The molecule has 0 spiro atoms. The molecule has 7 nitrogen and oxygen atoms in total. The van der Waals surface area contributed by atoms with E-state index < -0.39 is 5.97 Å². The maximum Gasteiger partial charge on any atom is 0.360 e. The van der Waals surface area contributed by atoms with E-state index in [1.54, 1.807) is 10.9 Å². The lowest BCUT2D eigenvalue weighted by atomic mass is 10.2. The molecule has 1 aromatic carbocycles. The quantitative estimate of drug-likeness (QED) is 0.764. The molecule has 0 bridgehead atoms. The predicted molar refractivity (Wildman–Crippen MR) is 86.5 cm³/mol. The summed E-state index contributed by atoms with van der Waals surface area (Å²) in [7, 11) is 1.34. The molecule has 0 amide bonds. The number of ether oxygens (including phenoxy) is 1. The Morgan fingerprint density at radius 2 is 1.87 bits per heavy atom. The number of hydrogen-bond donors (Lipinski definition) is 0. The molecule has 0 atom stereocenters. The van der Waals surface area contributed by atoms with Gasteiger partial charge in [-0.3, -0.25) is 9.58 Å². The Bertz CT molecular complexity index is 635. The van der Waals surface area contributed by atoms with Crippen LogP contribution >= 0.6 is 0 Å². The summed E-state index contributed by atoms with van der Waals surface area (Å²) < 4.78 is 6.32. The van der Waals surface area contributed by atoms with E-state index >= 15 is 0 Å². The number of methoxy groups -OCH3 is 1. The molecule has 0 unspecified atom stereocenters. The Hall–Kier alpha value is -2.41. The number of carbonyl (C=O) groups is 1. The van der Waals surface area contributed by atoms with Crippen LogP contribution in [-0.2, 0) is 11.3 Å². The van der Waals surface area contributed by atoms with Gasteiger partial charge in [0.25, 0.3) is 0 Å². The number of esters is 1. The molecule has 3 rings (SSSR count). The Morgan fingerprint density at radius 1 is 1.13 bits per heavy atom. The number of aromatic nitrogens is 3. The molecule has 1 aliphatic heterocycles.